The van der Waals surface area contributed by atoms with E-state index in [1.807, 2.05) is 13.8 Å². The lowest BCUT2D eigenvalue weighted by Gasteiger charge is -2.40. The number of carboxylic acid groups (broad SMARTS) is 1. The number of rotatable bonds is 7. The lowest BCUT2D eigenvalue weighted by atomic mass is 9.76. The highest BCUT2D eigenvalue weighted by Crippen LogP contribution is 2.35. The highest BCUT2D eigenvalue weighted by molar-refractivity contribution is 5.80. The summed E-state index contributed by atoms with van der Waals surface area (Å²) < 4.78 is 0. The van der Waals surface area contributed by atoms with Gasteiger partial charge in [-0.05, 0) is 31.7 Å². The van der Waals surface area contributed by atoms with Gasteiger partial charge in [0, 0.05) is 19.5 Å². The van der Waals surface area contributed by atoms with Crippen LogP contribution in [0.1, 0.15) is 52.4 Å². The van der Waals surface area contributed by atoms with Crippen molar-refractivity contribution in [1.82, 2.24) is 4.90 Å². The molecule has 2 atom stereocenters. The van der Waals surface area contributed by atoms with Gasteiger partial charge in [0.25, 0.3) is 0 Å². The maximum absolute atomic E-state index is 12.3. The third-order valence-corrected chi connectivity index (χ3v) is 4.49. The second-order valence-electron chi connectivity index (χ2n) is 5.97. The van der Waals surface area contributed by atoms with E-state index in [1.165, 1.54) is 0 Å². The first-order valence-electron chi connectivity index (χ1n) is 7.70. The van der Waals surface area contributed by atoms with Gasteiger partial charge >= 0.3 is 5.97 Å². The number of likely N-dealkylation sites (tertiary alicyclic amines) is 1. The Morgan fingerprint density at radius 3 is 2.60 bits per heavy atom. The van der Waals surface area contributed by atoms with Gasteiger partial charge in [0.15, 0.2) is 0 Å². The van der Waals surface area contributed by atoms with Crippen LogP contribution in [0.2, 0.25) is 0 Å². The second kappa shape index (κ2) is 7.62. The molecule has 1 aliphatic heterocycles. The molecule has 3 N–H and O–H groups in total. The Hall–Kier alpha value is -1.10. The normalized spacial score (nSPS) is 24.4. The summed E-state index contributed by atoms with van der Waals surface area (Å²) in [5.41, 5.74) is 4.90. The Balaban J connectivity index is 2.72. The Morgan fingerprint density at radius 1 is 1.40 bits per heavy atom. The van der Waals surface area contributed by atoms with Crippen LogP contribution in [-0.4, -0.2) is 41.5 Å². The monoisotopic (exact) mass is 284 g/mol. The standard InChI is InChI=1S/C15H28N2O3/c1-3-6-15(14(19)20)7-5-8-17(11-15)13(18)9-12(4-2)10-16/h12H,3-11,16H2,1-2H3,(H,19,20). The van der Waals surface area contributed by atoms with Gasteiger partial charge in [0.2, 0.25) is 5.91 Å². The molecule has 0 aliphatic carbocycles. The largest absolute Gasteiger partial charge is 0.481 e. The van der Waals surface area contributed by atoms with Gasteiger partial charge < -0.3 is 15.7 Å². The molecule has 1 fully saturated rings. The summed E-state index contributed by atoms with van der Waals surface area (Å²) in [5, 5.41) is 9.54. The summed E-state index contributed by atoms with van der Waals surface area (Å²) in [4.78, 5) is 25.7. The molecule has 1 rings (SSSR count). The first-order valence-corrected chi connectivity index (χ1v) is 7.70. The average Bonchev–Trinajstić information content (AvgIpc) is 2.44. The molecular formula is C15H28N2O3. The van der Waals surface area contributed by atoms with Gasteiger partial charge in [-0.15, -0.1) is 0 Å². The number of piperidine rings is 1. The van der Waals surface area contributed by atoms with Crippen LogP contribution in [0.4, 0.5) is 0 Å². The molecule has 1 heterocycles. The molecule has 0 aromatic rings. The number of aliphatic carboxylic acids is 1. The average molecular weight is 284 g/mol. The van der Waals surface area contributed by atoms with Crippen LogP contribution in [0.25, 0.3) is 0 Å². The first-order chi connectivity index (χ1) is 9.49. The lowest BCUT2D eigenvalue weighted by Crippen LogP contribution is -2.50. The minimum absolute atomic E-state index is 0.0590. The summed E-state index contributed by atoms with van der Waals surface area (Å²) in [7, 11) is 0. The van der Waals surface area contributed by atoms with E-state index < -0.39 is 11.4 Å². The van der Waals surface area contributed by atoms with Crippen molar-refractivity contribution in [1.29, 1.82) is 0 Å². The smallest absolute Gasteiger partial charge is 0.311 e. The van der Waals surface area contributed by atoms with Gasteiger partial charge in [-0.2, -0.15) is 0 Å². The van der Waals surface area contributed by atoms with Gasteiger partial charge in [-0.1, -0.05) is 26.7 Å². The molecule has 0 saturated carbocycles. The van der Waals surface area contributed by atoms with E-state index in [9.17, 15) is 14.7 Å². The van der Waals surface area contributed by atoms with Crippen LogP contribution in [0, 0.1) is 11.3 Å². The third kappa shape index (κ3) is 3.95. The van der Waals surface area contributed by atoms with Crippen LogP contribution < -0.4 is 5.73 Å². The fourth-order valence-electron chi connectivity index (χ4n) is 3.08. The second-order valence-corrected chi connectivity index (χ2v) is 5.97. The van der Waals surface area contributed by atoms with E-state index in [0.29, 0.717) is 38.9 Å². The summed E-state index contributed by atoms with van der Waals surface area (Å²) in [6.07, 6.45) is 4.24. The number of nitrogens with zero attached hydrogens (tertiary/aromatic N) is 1. The Morgan fingerprint density at radius 2 is 2.10 bits per heavy atom. The van der Waals surface area contributed by atoms with E-state index in [-0.39, 0.29) is 11.8 Å². The van der Waals surface area contributed by atoms with Gasteiger partial charge in [-0.3, -0.25) is 9.59 Å². The SMILES string of the molecule is CCCC1(C(=O)O)CCCN(C(=O)CC(CC)CN)C1. The molecule has 5 heteroatoms. The number of nitrogens with two attached hydrogens (primary N) is 1. The highest BCUT2D eigenvalue weighted by atomic mass is 16.4. The number of amides is 1. The molecule has 0 aromatic carbocycles. The van der Waals surface area contributed by atoms with E-state index in [4.69, 9.17) is 5.73 Å². The summed E-state index contributed by atoms with van der Waals surface area (Å²) in [6.45, 7) is 5.57. The zero-order valence-electron chi connectivity index (χ0n) is 12.7. The molecule has 0 radical (unpaired) electrons. The van der Waals surface area contributed by atoms with Crippen molar-refractivity contribution in [3.63, 3.8) is 0 Å². The summed E-state index contributed by atoms with van der Waals surface area (Å²) in [6, 6.07) is 0. The molecule has 5 nitrogen and oxygen atoms in total. The van der Waals surface area contributed by atoms with E-state index in [1.54, 1.807) is 4.90 Å². The minimum Gasteiger partial charge on any atom is -0.481 e. The predicted octanol–water partition coefficient (Wildman–Crippen LogP) is 1.85. The molecule has 0 aromatic heterocycles. The van der Waals surface area contributed by atoms with Crippen LogP contribution in [-0.2, 0) is 9.59 Å². The van der Waals surface area contributed by atoms with Crippen LogP contribution in [0.15, 0.2) is 0 Å². The molecule has 20 heavy (non-hydrogen) atoms. The summed E-state index contributed by atoms with van der Waals surface area (Å²) >= 11 is 0. The highest BCUT2D eigenvalue weighted by Gasteiger charge is 2.42. The molecule has 0 spiro atoms. The zero-order valence-corrected chi connectivity index (χ0v) is 12.7. The van der Waals surface area contributed by atoms with Crippen molar-refractivity contribution in [3.05, 3.63) is 0 Å². The zero-order chi connectivity index (χ0) is 15.2. The van der Waals surface area contributed by atoms with Crippen molar-refractivity contribution in [2.24, 2.45) is 17.1 Å². The van der Waals surface area contributed by atoms with Gasteiger partial charge in [0.05, 0.1) is 5.41 Å². The Labute approximate surface area is 121 Å². The van der Waals surface area contributed by atoms with Crippen molar-refractivity contribution in [2.75, 3.05) is 19.6 Å². The van der Waals surface area contributed by atoms with E-state index in [2.05, 4.69) is 0 Å². The number of hydrogen-bond donors (Lipinski definition) is 2. The van der Waals surface area contributed by atoms with Gasteiger partial charge in [-0.25, -0.2) is 0 Å². The van der Waals surface area contributed by atoms with Crippen LogP contribution in [0.3, 0.4) is 0 Å². The minimum atomic E-state index is -0.761. The summed E-state index contributed by atoms with van der Waals surface area (Å²) in [5.74, 6) is -0.499. The first kappa shape index (κ1) is 17.0. The van der Waals surface area contributed by atoms with Crippen LogP contribution in [0.5, 0.6) is 0 Å². The van der Waals surface area contributed by atoms with E-state index >= 15 is 0 Å². The van der Waals surface area contributed by atoms with Crippen molar-refractivity contribution < 1.29 is 14.7 Å². The quantitative estimate of drug-likeness (QED) is 0.747. The maximum atomic E-state index is 12.3. The fourth-order valence-corrected chi connectivity index (χ4v) is 3.08. The number of carboxylic acids is 1. The lowest BCUT2D eigenvalue weighted by molar-refractivity contribution is -0.155. The Kier molecular flexibility index (Phi) is 6.46. The molecule has 1 amide bonds. The van der Waals surface area contributed by atoms with Crippen molar-refractivity contribution in [3.8, 4) is 0 Å². The topological polar surface area (TPSA) is 83.6 Å². The number of carbonyl (C=O) groups is 2. The molecule has 116 valence electrons. The number of carbonyl (C=O) groups excluding carboxylic acids is 1. The molecule has 1 aliphatic rings. The number of hydrogen-bond acceptors (Lipinski definition) is 3. The van der Waals surface area contributed by atoms with Gasteiger partial charge in [0.1, 0.15) is 0 Å². The molecule has 1 saturated heterocycles. The molecule has 2 unspecified atom stereocenters. The Bertz CT molecular complexity index is 338. The third-order valence-electron chi connectivity index (χ3n) is 4.49. The molecule has 0 bridgehead atoms. The van der Waals surface area contributed by atoms with Crippen molar-refractivity contribution >= 4 is 11.9 Å². The molecular weight excluding hydrogens is 256 g/mol. The van der Waals surface area contributed by atoms with E-state index in [0.717, 1.165) is 19.3 Å². The maximum Gasteiger partial charge on any atom is 0.311 e. The fraction of sp³-hybridized carbons (Fsp3) is 0.867. The van der Waals surface area contributed by atoms with Crippen molar-refractivity contribution in [2.45, 2.75) is 52.4 Å². The predicted molar refractivity (Wildman–Crippen MR) is 78.2 cm³/mol. The van der Waals surface area contributed by atoms with Crippen LogP contribution >= 0.6 is 0 Å².